The van der Waals surface area contributed by atoms with Crippen molar-refractivity contribution >= 4 is 15.7 Å². The van der Waals surface area contributed by atoms with Crippen molar-refractivity contribution in [2.75, 3.05) is 10.5 Å². The summed E-state index contributed by atoms with van der Waals surface area (Å²) in [5, 5.41) is 4.02. The molecule has 29 heavy (non-hydrogen) atoms. The Bertz CT molecular complexity index is 1170. The second-order valence-corrected chi connectivity index (χ2v) is 8.13. The van der Waals surface area contributed by atoms with Gasteiger partial charge in [0.25, 0.3) is 5.56 Å². The largest absolute Gasteiger partial charge is 0.416 e. The summed E-state index contributed by atoms with van der Waals surface area (Å²) in [5.74, 6) is -0.0547. The normalized spacial score (nSPS) is 12.0. The minimum atomic E-state index is -4.46. The fourth-order valence-electron chi connectivity index (χ4n) is 2.53. The van der Waals surface area contributed by atoms with Crippen molar-refractivity contribution < 1.29 is 21.6 Å². The number of halogens is 3. The summed E-state index contributed by atoms with van der Waals surface area (Å²) in [5.41, 5.74) is 0.389. The molecule has 0 amide bonds. The summed E-state index contributed by atoms with van der Waals surface area (Å²) in [6.07, 6.45) is -3.05. The lowest BCUT2D eigenvalue weighted by Gasteiger charge is -2.10. The number of rotatable bonds is 5. The van der Waals surface area contributed by atoms with Crippen molar-refractivity contribution in [2.24, 2.45) is 0 Å². The predicted molar refractivity (Wildman–Crippen MR) is 103 cm³/mol. The van der Waals surface area contributed by atoms with Gasteiger partial charge in [0.2, 0.25) is 10.0 Å². The van der Waals surface area contributed by atoms with Gasteiger partial charge in [0, 0.05) is 17.3 Å². The van der Waals surface area contributed by atoms with Gasteiger partial charge >= 0.3 is 6.18 Å². The van der Waals surface area contributed by atoms with Crippen LogP contribution in [0.15, 0.2) is 65.6 Å². The average molecular weight is 423 g/mol. The zero-order chi connectivity index (χ0) is 21.2. The number of alkyl halides is 3. The van der Waals surface area contributed by atoms with Gasteiger partial charge in [-0.25, -0.2) is 8.42 Å². The fraction of sp³-hybridized carbons (Fsp3) is 0.158. The maximum absolute atomic E-state index is 12.7. The molecule has 0 radical (unpaired) electrons. The number of aromatic nitrogens is 2. The van der Waals surface area contributed by atoms with Crippen LogP contribution in [0.2, 0.25) is 0 Å². The van der Waals surface area contributed by atoms with Crippen LogP contribution in [0.25, 0.3) is 16.8 Å². The van der Waals surface area contributed by atoms with Crippen LogP contribution in [0.3, 0.4) is 0 Å². The van der Waals surface area contributed by atoms with Gasteiger partial charge in [-0.05, 0) is 48.9 Å². The van der Waals surface area contributed by atoms with Crippen LogP contribution in [0.5, 0.6) is 0 Å². The van der Waals surface area contributed by atoms with E-state index in [9.17, 15) is 26.4 Å². The second kappa shape index (κ2) is 7.70. The SMILES string of the molecule is CCS(=O)(=O)Nc1ccc(-c2cnn(-c3ccc(C(F)(F)F)cc3)c(=O)c2)cc1. The number of benzene rings is 2. The second-order valence-electron chi connectivity index (χ2n) is 6.12. The van der Waals surface area contributed by atoms with Crippen LogP contribution >= 0.6 is 0 Å². The summed E-state index contributed by atoms with van der Waals surface area (Å²) in [6.45, 7) is 1.52. The van der Waals surface area contributed by atoms with Gasteiger partial charge in [-0.3, -0.25) is 9.52 Å². The highest BCUT2D eigenvalue weighted by atomic mass is 32.2. The van der Waals surface area contributed by atoms with Crippen molar-refractivity contribution in [2.45, 2.75) is 13.1 Å². The minimum Gasteiger partial charge on any atom is -0.284 e. The Labute approximate surface area is 164 Å². The Morgan fingerprint density at radius 1 is 1.00 bits per heavy atom. The third-order valence-electron chi connectivity index (χ3n) is 4.11. The fourth-order valence-corrected chi connectivity index (χ4v) is 3.17. The van der Waals surface area contributed by atoms with Crippen molar-refractivity contribution in [1.82, 2.24) is 9.78 Å². The van der Waals surface area contributed by atoms with E-state index in [1.54, 1.807) is 24.3 Å². The molecule has 0 aliphatic carbocycles. The van der Waals surface area contributed by atoms with E-state index < -0.39 is 27.3 Å². The monoisotopic (exact) mass is 423 g/mol. The summed E-state index contributed by atoms with van der Waals surface area (Å²) < 4.78 is 64.6. The molecule has 0 fully saturated rings. The van der Waals surface area contributed by atoms with Gasteiger partial charge in [0.15, 0.2) is 0 Å². The maximum Gasteiger partial charge on any atom is 0.416 e. The Morgan fingerprint density at radius 3 is 2.14 bits per heavy atom. The molecule has 0 saturated heterocycles. The lowest BCUT2D eigenvalue weighted by molar-refractivity contribution is -0.137. The molecule has 0 bridgehead atoms. The maximum atomic E-state index is 12.7. The topological polar surface area (TPSA) is 81.1 Å². The number of nitrogens with zero attached hydrogens (tertiary/aromatic N) is 2. The van der Waals surface area contributed by atoms with Gasteiger partial charge in [0.1, 0.15) is 0 Å². The Kier molecular flexibility index (Phi) is 5.47. The molecule has 0 spiro atoms. The molecule has 0 aliphatic heterocycles. The molecule has 6 nitrogen and oxygen atoms in total. The Balaban J connectivity index is 1.85. The van der Waals surface area contributed by atoms with E-state index >= 15 is 0 Å². The molecule has 0 aliphatic rings. The van der Waals surface area contributed by atoms with E-state index in [0.29, 0.717) is 16.8 Å². The number of nitrogens with one attached hydrogen (secondary N) is 1. The minimum absolute atomic E-state index is 0.0547. The standard InChI is InChI=1S/C19H16F3N3O3S/c1-2-29(27,28)24-16-7-3-13(4-8-16)14-11-18(26)25(23-12-14)17-9-5-15(6-10-17)19(20,21)22/h3-12,24H,2H2,1H3. The first-order chi connectivity index (χ1) is 13.6. The van der Waals surface area contributed by atoms with E-state index in [1.807, 2.05) is 0 Å². The van der Waals surface area contributed by atoms with Crippen molar-refractivity contribution in [1.29, 1.82) is 0 Å². The van der Waals surface area contributed by atoms with Crippen molar-refractivity contribution in [3.63, 3.8) is 0 Å². The van der Waals surface area contributed by atoms with Crippen LogP contribution in [0.4, 0.5) is 18.9 Å². The molecular weight excluding hydrogens is 407 g/mol. The molecule has 0 saturated carbocycles. The summed E-state index contributed by atoms with van der Waals surface area (Å²) in [6, 6.07) is 11.8. The highest BCUT2D eigenvalue weighted by Gasteiger charge is 2.30. The van der Waals surface area contributed by atoms with Crippen LogP contribution in [0.1, 0.15) is 12.5 Å². The number of hydrogen-bond acceptors (Lipinski definition) is 4. The summed E-state index contributed by atoms with van der Waals surface area (Å²) in [4.78, 5) is 12.4. The number of hydrogen-bond donors (Lipinski definition) is 1. The Morgan fingerprint density at radius 2 is 1.62 bits per heavy atom. The third-order valence-corrected chi connectivity index (χ3v) is 5.42. The van der Waals surface area contributed by atoms with Crippen LogP contribution in [0, 0.1) is 0 Å². The smallest absolute Gasteiger partial charge is 0.284 e. The first-order valence-electron chi connectivity index (χ1n) is 8.47. The summed E-state index contributed by atoms with van der Waals surface area (Å²) >= 11 is 0. The molecule has 0 unspecified atom stereocenters. The molecule has 1 N–H and O–H groups in total. The van der Waals surface area contributed by atoms with E-state index in [2.05, 4.69) is 9.82 Å². The van der Waals surface area contributed by atoms with Gasteiger partial charge < -0.3 is 0 Å². The molecule has 1 heterocycles. The van der Waals surface area contributed by atoms with Gasteiger partial charge in [-0.2, -0.15) is 23.0 Å². The average Bonchev–Trinajstić information content (AvgIpc) is 2.68. The highest BCUT2D eigenvalue weighted by molar-refractivity contribution is 7.92. The van der Waals surface area contributed by atoms with E-state index in [-0.39, 0.29) is 11.4 Å². The predicted octanol–water partition coefficient (Wildman–Crippen LogP) is 3.68. The quantitative estimate of drug-likeness (QED) is 0.679. The molecule has 2 aromatic carbocycles. The first kappa shape index (κ1) is 20.6. The molecule has 152 valence electrons. The zero-order valence-corrected chi connectivity index (χ0v) is 16.0. The van der Waals surface area contributed by atoms with Crippen LogP contribution in [-0.2, 0) is 16.2 Å². The van der Waals surface area contributed by atoms with Gasteiger partial charge in [-0.15, -0.1) is 0 Å². The van der Waals surface area contributed by atoms with Crippen molar-refractivity contribution in [3.8, 4) is 16.8 Å². The molecule has 0 atom stereocenters. The zero-order valence-electron chi connectivity index (χ0n) is 15.1. The molecule has 1 aromatic heterocycles. The molecule has 3 aromatic rings. The molecular formula is C19H16F3N3O3S. The van der Waals surface area contributed by atoms with Crippen LogP contribution < -0.4 is 10.3 Å². The third kappa shape index (κ3) is 4.83. The van der Waals surface area contributed by atoms with E-state index in [4.69, 9.17) is 0 Å². The van der Waals surface area contributed by atoms with E-state index in [0.717, 1.165) is 16.8 Å². The van der Waals surface area contributed by atoms with Crippen molar-refractivity contribution in [3.05, 3.63) is 76.7 Å². The number of anilines is 1. The first-order valence-corrected chi connectivity index (χ1v) is 10.1. The molecule has 10 heteroatoms. The van der Waals surface area contributed by atoms with Crippen LogP contribution in [-0.4, -0.2) is 24.0 Å². The Hall–Kier alpha value is -3.14. The van der Waals surface area contributed by atoms with E-state index in [1.165, 1.54) is 31.3 Å². The lowest BCUT2D eigenvalue weighted by Crippen LogP contribution is -2.20. The number of sulfonamides is 1. The lowest BCUT2D eigenvalue weighted by atomic mass is 10.1. The molecule has 3 rings (SSSR count). The van der Waals surface area contributed by atoms with Gasteiger partial charge in [0.05, 0.1) is 23.2 Å². The summed E-state index contributed by atoms with van der Waals surface area (Å²) in [7, 11) is -3.39. The van der Waals surface area contributed by atoms with Gasteiger partial charge in [-0.1, -0.05) is 12.1 Å². The highest BCUT2D eigenvalue weighted by Crippen LogP contribution is 2.29.